The van der Waals surface area contributed by atoms with Crippen LogP contribution in [0.5, 0.6) is 0 Å². The van der Waals surface area contributed by atoms with E-state index >= 15 is 0 Å². The number of carbonyl (C=O) groups is 1. The largest absolute Gasteiger partial charge is 0.418 e. The first-order valence-corrected chi connectivity index (χ1v) is 11.3. The zero-order valence-corrected chi connectivity index (χ0v) is 19.1. The molecule has 0 heterocycles. The molecule has 174 valence electrons. The minimum atomic E-state index is -4.56. The lowest BCUT2D eigenvalue weighted by Crippen LogP contribution is -2.29. The second-order valence-corrected chi connectivity index (χ2v) is 8.36. The SMILES string of the molecule is CCC(=O)c1ccc(C(F)(F)F)c(N(Cc2ccccc2)[C@H](C)c2cccc3ccccc23)c1. The van der Waals surface area contributed by atoms with Gasteiger partial charge in [-0.3, -0.25) is 4.79 Å². The van der Waals surface area contributed by atoms with Crippen LogP contribution in [0.1, 0.15) is 53.4 Å². The summed E-state index contributed by atoms with van der Waals surface area (Å²) in [4.78, 5) is 14.2. The molecule has 0 spiro atoms. The van der Waals surface area contributed by atoms with Crippen LogP contribution in [0.4, 0.5) is 18.9 Å². The van der Waals surface area contributed by atoms with Gasteiger partial charge >= 0.3 is 6.18 Å². The molecule has 4 aromatic carbocycles. The molecule has 0 aromatic heterocycles. The fourth-order valence-electron chi connectivity index (χ4n) is 4.38. The van der Waals surface area contributed by atoms with Crippen molar-refractivity contribution in [2.75, 3.05) is 4.90 Å². The highest BCUT2D eigenvalue weighted by Crippen LogP contribution is 2.41. The van der Waals surface area contributed by atoms with E-state index in [0.29, 0.717) is 0 Å². The van der Waals surface area contributed by atoms with E-state index in [-0.39, 0.29) is 36.0 Å². The zero-order valence-electron chi connectivity index (χ0n) is 19.1. The van der Waals surface area contributed by atoms with Crippen molar-refractivity contribution < 1.29 is 18.0 Å². The monoisotopic (exact) mass is 461 g/mol. The maximum Gasteiger partial charge on any atom is 0.418 e. The van der Waals surface area contributed by atoms with Crippen LogP contribution >= 0.6 is 0 Å². The zero-order chi connectivity index (χ0) is 24.3. The maximum absolute atomic E-state index is 14.2. The lowest BCUT2D eigenvalue weighted by molar-refractivity contribution is -0.137. The van der Waals surface area contributed by atoms with Gasteiger partial charge in [-0.15, -0.1) is 0 Å². The van der Waals surface area contributed by atoms with Crippen LogP contribution in [0.15, 0.2) is 91.0 Å². The number of ketones is 1. The smallest absolute Gasteiger partial charge is 0.360 e. The molecule has 0 aliphatic carbocycles. The first-order chi connectivity index (χ1) is 16.3. The summed E-state index contributed by atoms with van der Waals surface area (Å²) >= 11 is 0. The van der Waals surface area contributed by atoms with Gasteiger partial charge < -0.3 is 4.90 Å². The minimum Gasteiger partial charge on any atom is -0.360 e. The summed E-state index contributed by atoms with van der Waals surface area (Å²) in [5, 5.41) is 2.02. The summed E-state index contributed by atoms with van der Waals surface area (Å²) in [6.07, 6.45) is -4.33. The topological polar surface area (TPSA) is 20.3 Å². The second-order valence-electron chi connectivity index (χ2n) is 8.36. The third-order valence-electron chi connectivity index (χ3n) is 6.19. The molecule has 5 heteroatoms. The summed E-state index contributed by atoms with van der Waals surface area (Å²) in [7, 11) is 0. The number of benzene rings is 4. The quantitative estimate of drug-likeness (QED) is 0.258. The Kier molecular flexibility index (Phi) is 6.73. The van der Waals surface area contributed by atoms with E-state index in [2.05, 4.69) is 0 Å². The van der Waals surface area contributed by atoms with Gasteiger partial charge in [0.25, 0.3) is 0 Å². The number of hydrogen-bond acceptors (Lipinski definition) is 2. The Morgan fingerprint density at radius 2 is 1.56 bits per heavy atom. The highest BCUT2D eigenvalue weighted by molar-refractivity contribution is 5.97. The Hall–Kier alpha value is -3.60. The Labute approximate surface area is 197 Å². The Morgan fingerprint density at radius 3 is 2.26 bits per heavy atom. The van der Waals surface area contributed by atoms with E-state index in [4.69, 9.17) is 0 Å². The molecule has 0 amide bonds. The van der Waals surface area contributed by atoms with Gasteiger partial charge in [0.2, 0.25) is 0 Å². The normalized spacial score (nSPS) is 12.5. The average molecular weight is 462 g/mol. The molecule has 1 atom stereocenters. The van der Waals surface area contributed by atoms with Crippen LogP contribution in [-0.2, 0) is 12.7 Å². The van der Waals surface area contributed by atoms with Gasteiger partial charge in [-0.2, -0.15) is 13.2 Å². The van der Waals surface area contributed by atoms with E-state index in [1.165, 1.54) is 12.1 Å². The molecule has 34 heavy (non-hydrogen) atoms. The van der Waals surface area contributed by atoms with Crippen molar-refractivity contribution in [2.45, 2.75) is 39.0 Å². The van der Waals surface area contributed by atoms with Crippen LogP contribution in [0, 0.1) is 0 Å². The molecular formula is C29H26F3NO. The molecule has 0 aliphatic rings. The molecule has 0 aliphatic heterocycles. The Balaban J connectivity index is 1.92. The van der Waals surface area contributed by atoms with Crippen LogP contribution < -0.4 is 4.90 Å². The third kappa shape index (κ3) is 4.84. The van der Waals surface area contributed by atoms with Crippen molar-refractivity contribution in [3.05, 3.63) is 113 Å². The number of halogens is 3. The van der Waals surface area contributed by atoms with Crippen molar-refractivity contribution in [1.82, 2.24) is 0 Å². The number of fused-ring (bicyclic) bond motifs is 1. The van der Waals surface area contributed by atoms with E-state index in [9.17, 15) is 18.0 Å². The highest BCUT2D eigenvalue weighted by atomic mass is 19.4. The van der Waals surface area contributed by atoms with Gasteiger partial charge in [-0.25, -0.2) is 0 Å². The molecule has 0 N–H and O–H groups in total. The Morgan fingerprint density at radius 1 is 0.882 bits per heavy atom. The van der Waals surface area contributed by atoms with Crippen molar-refractivity contribution in [1.29, 1.82) is 0 Å². The van der Waals surface area contributed by atoms with Gasteiger partial charge in [0.15, 0.2) is 5.78 Å². The standard InChI is InChI=1S/C29H26F3NO/c1-3-28(34)23-16-17-26(29(30,31)32)27(18-23)33(19-21-10-5-4-6-11-21)20(2)24-15-9-13-22-12-7-8-14-25(22)24/h4-18,20H,3,19H2,1-2H3/t20-/m1/s1. The number of carbonyl (C=O) groups excluding carboxylic acids is 1. The predicted molar refractivity (Wildman–Crippen MR) is 131 cm³/mol. The fourth-order valence-corrected chi connectivity index (χ4v) is 4.38. The van der Waals surface area contributed by atoms with Crippen LogP contribution in [0.2, 0.25) is 0 Å². The molecule has 4 aromatic rings. The molecule has 2 nitrogen and oxygen atoms in total. The van der Waals surface area contributed by atoms with Gasteiger partial charge in [0.05, 0.1) is 17.3 Å². The summed E-state index contributed by atoms with van der Waals surface area (Å²) in [5.41, 5.74) is 1.36. The second kappa shape index (κ2) is 9.72. The molecule has 4 rings (SSSR count). The van der Waals surface area contributed by atoms with Crippen molar-refractivity contribution in [3.63, 3.8) is 0 Å². The summed E-state index contributed by atoms with van der Waals surface area (Å²) in [5.74, 6) is -0.188. The third-order valence-corrected chi connectivity index (χ3v) is 6.19. The predicted octanol–water partition coefficient (Wildman–Crippen LogP) is 8.22. The summed E-state index contributed by atoms with van der Waals surface area (Å²) in [6, 6.07) is 26.5. The number of nitrogens with zero attached hydrogens (tertiary/aromatic N) is 1. The van der Waals surface area contributed by atoms with Crippen LogP contribution in [0.3, 0.4) is 0 Å². The molecular weight excluding hydrogens is 435 g/mol. The first kappa shape index (κ1) is 23.6. The van der Waals surface area contributed by atoms with Gasteiger partial charge in [-0.05, 0) is 41.0 Å². The fraction of sp³-hybridized carbons (Fsp3) is 0.207. The van der Waals surface area contributed by atoms with Gasteiger partial charge in [0, 0.05) is 18.5 Å². The van der Waals surface area contributed by atoms with Crippen molar-refractivity contribution in [2.24, 2.45) is 0 Å². The molecule has 0 saturated heterocycles. The number of anilines is 1. The number of rotatable bonds is 7. The average Bonchev–Trinajstić information content (AvgIpc) is 2.85. The molecule has 0 fully saturated rings. The van der Waals surface area contributed by atoms with Crippen LogP contribution in [0.25, 0.3) is 10.8 Å². The van der Waals surface area contributed by atoms with E-state index < -0.39 is 11.7 Å². The maximum atomic E-state index is 14.2. The van der Waals surface area contributed by atoms with E-state index in [1.54, 1.807) is 11.8 Å². The van der Waals surface area contributed by atoms with Gasteiger partial charge in [-0.1, -0.05) is 85.8 Å². The van der Waals surface area contributed by atoms with E-state index in [0.717, 1.165) is 28.0 Å². The molecule has 0 radical (unpaired) electrons. The number of Topliss-reactive ketones (excluding diaryl/α,β-unsaturated/α-hetero) is 1. The highest BCUT2D eigenvalue weighted by Gasteiger charge is 2.36. The molecule has 0 bridgehead atoms. The number of alkyl halides is 3. The summed E-state index contributed by atoms with van der Waals surface area (Å²) < 4.78 is 42.5. The minimum absolute atomic E-state index is 0.0103. The summed E-state index contributed by atoms with van der Waals surface area (Å²) in [6.45, 7) is 3.89. The Bertz CT molecular complexity index is 1290. The van der Waals surface area contributed by atoms with Crippen LogP contribution in [-0.4, -0.2) is 5.78 Å². The number of hydrogen-bond donors (Lipinski definition) is 0. The molecule has 0 saturated carbocycles. The molecule has 0 unspecified atom stereocenters. The lowest BCUT2D eigenvalue weighted by Gasteiger charge is -2.35. The van der Waals surface area contributed by atoms with Crippen molar-refractivity contribution in [3.8, 4) is 0 Å². The van der Waals surface area contributed by atoms with E-state index in [1.807, 2.05) is 79.7 Å². The van der Waals surface area contributed by atoms with Gasteiger partial charge in [0.1, 0.15) is 0 Å². The lowest BCUT2D eigenvalue weighted by atomic mass is 9.96. The van der Waals surface area contributed by atoms with Crippen molar-refractivity contribution >= 4 is 22.2 Å². The first-order valence-electron chi connectivity index (χ1n) is 11.3.